The molecule has 0 heterocycles. The van der Waals surface area contributed by atoms with Crippen LogP contribution in [0.5, 0.6) is 11.5 Å². The predicted molar refractivity (Wildman–Crippen MR) is 110 cm³/mol. The third kappa shape index (κ3) is 4.39. The molecular weight excluding hydrogens is 414 g/mol. The van der Waals surface area contributed by atoms with Crippen molar-refractivity contribution in [1.82, 2.24) is 4.90 Å². The van der Waals surface area contributed by atoms with Gasteiger partial charge in [0.1, 0.15) is 5.78 Å². The minimum atomic E-state index is -2.00. The molecule has 0 saturated carbocycles. The van der Waals surface area contributed by atoms with Gasteiger partial charge >= 0.3 is 0 Å². The van der Waals surface area contributed by atoms with Crippen LogP contribution in [0.1, 0.15) is 37.8 Å². The molecule has 0 aliphatic heterocycles. The first-order chi connectivity index (χ1) is 14.5. The molecule has 0 N–H and O–H groups in total. The Balaban J connectivity index is 3.02. The number of carbonyl (C=O) groups excluding carboxylic acids is 1. The molecule has 0 bridgehead atoms. The lowest BCUT2D eigenvalue weighted by Crippen LogP contribution is -2.44. The van der Waals surface area contributed by atoms with Gasteiger partial charge in [0.05, 0.1) is 19.6 Å². The fourth-order valence-corrected chi connectivity index (χ4v) is 3.76. The van der Waals surface area contributed by atoms with Crippen molar-refractivity contribution in [2.75, 3.05) is 28.3 Å². The summed E-state index contributed by atoms with van der Waals surface area (Å²) in [6.07, 6.45) is -0.246. The Morgan fingerprint density at radius 2 is 1.55 bits per heavy atom. The molecule has 0 amide bonds. The van der Waals surface area contributed by atoms with Gasteiger partial charge in [-0.2, -0.15) is 0 Å². The third-order valence-electron chi connectivity index (χ3n) is 5.70. The molecular formula is C23H27F4NO3. The summed E-state index contributed by atoms with van der Waals surface area (Å²) < 4.78 is 69.2. The molecule has 2 rings (SSSR count). The van der Waals surface area contributed by atoms with Crippen LogP contribution in [0.4, 0.5) is 17.6 Å². The minimum absolute atomic E-state index is 0.120. The quantitative estimate of drug-likeness (QED) is 0.411. The monoisotopic (exact) mass is 441 g/mol. The van der Waals surface area contributed by atoms with Crippen LogP contribution in [0.15, 0.2) is 24.3 Å². The highest BCUT2D eigenvalue weighted by Crippen LogP contribution is 2.45. The smallest absolute Gasteiger partial charge is 0.166 e. The Bertz CT molecular complexity index is 938. The highest BCUT2D eigenvalue weighted by molar-refractivity contribution is 5.94. The number of Topliss-reactive ketones (excluding diaryl/α,β-unsaturated/α-hetero) is 1. The number of nitrogens with zero attached hydrogens (tertiary/aromatic N) is 1. The van der Waals surface area contributed by atoms with Crippen LogP contribution in [-0.4, -0.2) is 45.0 Å². The lowest BCUT2D eigenvalue weighted by atomic mass is 9.66. The van der Waals surface area contributed by atoms with Crippen molar-refractivity contribution in [1.29, 1.82) is 0 Å². The highest BCUT2D eigenvalue weighted by atomic mass is 19.2. The van der Waals surface area contributed by atoms with Gasteiger partial charge in [0, 0.05) is 24.1 Å². The van der Waals surface area contributed by atoms with Crippen molar-refractivity contribution in [3.8, 4) is 11.5 Å². The van der Waals surface area contributed by atoms with Crippen molar-refractivity contribution >= 4 is 5.78 Å². The Hall–Kier alpha value is -2.61. The lowest BCUT2D eigenvalue weighted by Gasteiger charge is -2.38. The van der Waals surface area contributed by atoms with E-state index in [0.717, 1.165) is 0 Å². The Kier molecular flexibility index (Phi) is 7.70. The summed E-state index contributed by atoms with van der Waals surface area (Å²) in [6, 6.07) is 4.11. The number of ether oxygens (including phenoxy) is 2. The van der Waals surface area contributed by atoms with Crippen LogP contribution in [0.3, 0.4) is 0 Å². The maximum Gasteiger partial charge on any atom is 0.166 e. The molecule has 0 spiro atoms. The summed E-state index contributed by atoms with van der Waals surface area (Å²) in [4.78, 5) is 15.2. The number of benzene rings is 2. The van der Waals surface area contributed by atoms with E-state index in [1.807, 2.05) is 0 Å². The zero-order valence-corrected chi connectivity index (χ0v) is 18.5. The fourth-order valence-electron chi connectivity index (χ4n) is 3.76. The fraction of sp³-hybridized carbons (Fsp3) is 0.435. The molecule has 8 heteroatoms. The first kappa shape index (κ1) is 24.7. The standard InChI is InChI=1S/C23H27F4NO3/c1-7-19(29)23(12-13(2)28(3)4,14-8-9-17(30-5)18(10-14)31-6)20-21(26)15(24)11-16(25)22(20)27/h8-11,13H,7,12H2,1-6H3/t13-,23+/m0/s1. The van der Waals surface area contributed by atoms with Crippen molar-refractivity contribution in [2.45, 2.75) is 38.1 Å². The van der Waals surface area contributed by atoms with Gasteiger partial charge in [0.25, 0.3) is 0 Å². The molecule has 0 unspecified atom stereocenters. The topological polar surface area (TPSA) is 38.8 Å². The number of carbonyl (C=O) groups is 1. The van der Waals surface area contributed by atoms with Gasteiger partial charge in [-0.3, -0.25) is 4.79 Å². The van der Waals surface area contributed by atoms with Crippen LogP contribution in [0, 0.1) is 23.3 Å². The molecule has 0 aromatic heterocycles. The first-order valence-electron chi connectivity index (χ1n) is 9.80. The summed E-state index contributed by atoms with van der Waals surface area (Å²) in [5.41, 5.74) is -2.80. The number of halogens is 4. The zero-order valence-electron chi connectivity index (χ0n) is 18.5. The second-order valence-electron chi connectivity index (χ2n) is 7.61. The van der Waals surface area contributed by atoms with Gasteiger partial charge in [-0.25, -0.2) is 17.6 Å². The number of rotatable bonds is 9. The van der Waals surface area contributed by atoms with E-state index >= 15 is 8.78 Å². The molecule has 0 saturated heterocycles. The summed E-state index contributed by atoms with van der Waals surface area (Å²) in [6.45, 7) is 3.29. The van der Waals surface area contributed by atoms with E-state index in [9.17, 15) is 13.6 Å². The Morgan fingerprint density at radius 1 is 1.00 bits per heavy atom. The highest BCUT2D eigenvalue weighted by Gasteiger charge is 2.47. The maximum absolute atomic E-state index is 15.1. The summed E-state index contributed by atoms with van der Waals surface area (Å²) in [7, 11) is 6.26. The molecule has 170 valence electrons. The largest absolute Gasteiger partial charge is 0.493 e. The molecule has 2 atom stereocenters. The van der Waals surface area contributed by atoms with E-state index in [4.69, 9.17) is 9.47 Å². The SMILES string of the molecule is CCC(=O)[C@@](C[C@H](C)N(C)C)(c1ccc(OC)c(OC)c1)c1c(F)c(F)cc(F)c1F. The van der Waals surface area contributed by atoms with Crippen LogP contribution in [0.2, 0.25) is 0 Å². The molecule has 2 aromatic rings. The van der Waals surface area contributed by atoms with Gasteiger partial charge in [0.2, 0.25) is 0 Å². The maximum atomic E-state index is 15.1. The van der Waals surface area contributed by atoms with E-state index < -0.39 is 40.0 Å². The molecule has 0 aliphatic carbocycles. The third-order valence-corrected chi connectivity index (χ3v) is 5.70. The molecule has 0 fully saturated rings. The molecule has 2 aromatic carbocycles. The van der Waals surface area contributed by atoms with Crippen molar-refractivity contribution in [2.24, 2.45) is 0 Å². The normalized spacial score (nSPS) is 14.3. The van der Waals surface area contributed by atoms with E-state index in [2.05, 4.69) is 0 Å². The van der Waals surface area contributed by atoms with Gasteiger partial charge < -0.3 is 14.4 Å². The van der Waals surface area contributed by atoms with Gasteiger partial charge in [-0.1, -0.05) is 13.0 Å². The average molecular weight is 441 g/mol. The molecule has 4 nitrogen and oxygen atoms in total. The minimum Gasteiger partial charge on any atom is -0.493 e. The number of ketones is 1. The van der Waals surface area contributed by atoms with E-state index in [0.29, 0.717) is 5.75 Å². The number of methoxy groups -OCH3 is 2. The Morgan fingerprint density at radius 3 is 2.00 bits per heavy atom. The van der Waals surface area contributed by atoms with Crippen molar-refractivity contribution < 1.29 is 31.8 Å². The summed E-state index contributed by atoms with van der Waals surface area (Å²) in [5, 5.41) is 0. The van der Waals surface area contributed by atoms with Crippen molar-refractivity contribution in [3.63, 3.8) is 0 Å². The Labute approximate surface area is 179 Å². The number of hydrogen-bond donors (Lipinski definition) is 0. The predicted octanol–water partition coefficient (Wildman–Crippen LogP) is 4.87. The van der Waals surface area contributed by atoms with Crippen molar-refractivity contribution in [3.05, 3.63) is 58.7 Å². The first-order valence-corrected chi connectivity index (χ1v) is 9.80. The van der Waals surface area contributed by atoms with Crippen LogP contribution in [0.25, 0.3) is 0 Å². The van der Waals surface area contributed by atoms with E-state index in [-0.39, 0.29) is 36.3 Å². The molecule has 0 aliphatic rings. The second kappa shape index (κ2) is 9.68. The van der Waals surface area contributed by atoms with Crippen LogP contribution < -0.4 is 9.47 Å². The molecule has 31 heavy (non-hydrogen) atoms. The van der Waals surface area contributed by atoms with E-state index in [1.165, 1.54) is 39.3 Å². The van der Waals surface area contributed by atoms with Crippen LogP contribution >= 0.6 is 0 Å². The number of hydrogen-bond acceptors (Lipinski definition) is 4. The van der Waals surface area contributed by atoms with Gasteiger partial charge in [0.15, 0.2) is 34.8 Å². The van der Waals surface area contributed by atoms with Gasteiger partial charge in [-0.15, -0.1) is 0 Å². The van der Waals surface area contributed by atoms with E-state index in [1.54, 1.807) is 25.9 Å². The summed E-state index contributed by atoms with van der Waals surface area (Å²) in [5.74, 6) is -6.38. The summed E-state index contributed by atoms with van der Waals surface area (Å²) >= 11 is 0. The second-order valence-corrected chi connectivity index (χ2v) is 7.61. The molecule has 0 radical (unpaired) electrons. The van der Waals surface area contributed by atoms with Gasteiger partial charge in [-0.05, 0) is 45.1 Å². The van der Waals surface area contributed by atoms with Crippen LogP contribution in [-0.2, 0) is 10.2 Å². The lowest BCUT2D eigenvalue weighted by molar-refractivity contribution is -0.123. The average Bonchev–Trinajstić information content (AvgIpc) is 2.75. The zero-order chi connectivity index (χ0) is 23.5.